The Kier molecular flexibility index (Phi) is 6.03. The van der Waals surface area contributed by atoms with Crippen molar-refractivity contribution in [2.24, 2.45) is 0 Å². The van der Waals surface area contributed by atoms with Gasteiger partial charge in [-0.25, -0.2) is 0 Å². The van der Waals surface area contributed by atoms with E-state index >= 15 is 0 Å². The van der Waals surface area contributed by atoms with Crippen molar-refractivity contribution in [2.75, 3.05) is 6.61 Å². The van der Waals surface area contributed by atoms with Crippen LogP contribution >= 0.6 is 0 Å². The highest BCUT2D eigenvalue weighted by molar-refractivity contribution is 6.06. The molecule has 0 amide bonds. The van der Waals surface area contributed by atoms with E-state index in [0.29, 0.717) is 37.6 Å². The highest BCUT2D eigenvalue weighted by Crippen LogP contribution is 2.46. The number of benzene rings is 2. The fraction of sp³-hybridized carbons (Fsp3) is 0.357. The molecule has 2 aromatic rings. The van der Waals surface area contributed by atoms with E-state index in [4.69, 9.17) is 9.47 Å². The summed E-state index contributed by atoms with van der Waals surface area (Å²) in [5.74, 6) is 1.24. The molecule has 5 rings (SSSR count). The Hall–Kier alpha value is -3.34. The summed E-state index contributed by atoms with van der Waals surface area (Å²) in [4.78, 5) is 26.1. The summed E-state index contributed by atoms with van der Waals surface area (Å²) in [5.41, 5.74) is 5.50. The number of carbonyl (C=O) groups excluding carboxylic acids is 2. The third-order valence-electron chi connectivity index (χ3n) is 6.63. The van der Waals surface area contributed by atoms with Crippen molar-refractivity contribution in [3.05, 3.63) is 82.2 Å². The maximum absolute atomic E-state index is 13.0. The zero-order chi connectivity index (χ0) is 22.8. The fourth-order valence-electron chi connectivity index (χ4n) is 5.14. The van der Waals surface area contributed by atoms with Gasteiger partial charge >= 0.3 is 0 Å². The van der Waals surface area contributed by atoms with E-state index in [-0.39, 0.29) is 17.5 Å². The molecular weight excluding hydrogens is 414 g/mol. The second kappa shape index (κ2) is 9.26. The van der Waals surface area contributed by atoms with Crippen LogP contribution in [0.2, 0.25) is 0 Å². The minimum absolute atomic E-state index is 0.140. The van der Waals surface area contributed by atoms with E-state index in [0.717, 1.165) is 59.4 Å². The molecule has 5 nitrogen and oxygen atoms in total. The highest BCUT2D eigenvalue weighted by Gasteiger charge is 2.40. The van der Waals surface area contributed by atoms with E-state index in [1.165, 1.54) is 0 Å². The lowest BCUT2D eigenvalue weighted by atomic mass is 9.71. The second-order valence-corrected chi connectivity index (χ2v) is 8.81. The molecule has 2 aromatic carbocycles. The monoisotopic (exact) mass is 443 g/mol. The lowest BCUT2D eigenvalue weighted by Gasteiger charge is -2.37. The molecule has 0 fully saturated rings. The predicted molar refractivity (Wildman–Crippen MR) is 126 cm³/mol. The van der Waals surface area contributed by atoms with Gasteiger partial charge in [-0.05, 0) is 55.9 Å². The first-order valence-corrected chi connectivity index (χ1v) is 11.9. The fourth-order valence-corrected chi connectivity index (χ4v) is 5.14. The molecule has 0 unspecified atom stereocenters. The van der Waals surface area contributed by atoms with Gasteiger partial charge in [-0.1, -0.05) is 36.4 Å². The highest BCUT2D eigenvalue weighted by atomic mass is 16.5. The van der Waals surface area contributed by atoms with Crippen LogP contribution in [0, 0.1) is 0 Å². The van der Waals surface area contributed by atoms with E-state index in [9.17, 15) is 9.59 Å². The maximum atomic E-state index is 13.0. The zero-order valence-corrected chi connectivity index (χ0v) is 19.0. The Bertz CT molecular complexity index is 1100. The average Bonchev–Trinajstić information content (AvgIpc) is 2.83. The number of rotatable bonds is 6. The minimum atomic E-state index is -0.334. The first-order chi connectivity index (χ1) is 16.2. The quantitative estimate of drug-likeness (QED) is 0.651. The summed E-state index contributed by atoms with van der Waals surface area (Å²) in [6, 6.07) is 15.9. The van der Waals surface area contributed by atoms with Crippen LogP contribution < -0.4 is 14.8 Å². The first kappa shape index (κ1) is 21.5. The van der Waals surface area contributed by atoms with E-state index in [1.54, 1.807) is 0 Å². The second-order valence-electron chi connectivity index (χ2n) is 8.81. The van der Waals surface area contributed by atoms with Crippen LogP contribution in [-0.2, 0) is 16.2 Å². The van der Waals surface area contributed by atoms with Crippen molar-refractivity contribution in [1.29, 1.82) is 0 Å². The number of ether oxygens (including phenoxy) is 2. The topological polar surface area (TPSA) is 64.6 Å². The summed E-state index contributed by atoms with van der Waals surface area (Å²) in [6.45, 7) is 2.88. The molecule has 5 heteroatoms. The molecule has 2 aliphatic carbocycles. The molecule has 0 atom stereocenters. The number of carbonyl (C=O) groups is 2. The van der Waals surface area contributed by atoms with Crippen molar-refractivity contribution in [1.82, 2.24) is 5.32 Å². The van der Waals surface area contributed by atoms with Gasteiger partial charge in [0.05, 0.1) is 6.61 Å². The van der Waals surface area contributed by atoms with Gasteiger partial charge in [0.15, 0.2) is 23.1 Å². The molecule has 3 aliphatic rings. The molecule has 0 radical (unpaired) electrons. The first-order valence-electron chi connectivity index (χ1n) is 11.9. The van der Waals surface area contributed by atoms with E-state index in [1.807, 2.05) is 55.5 Å². The molecule has 1 heterocycles. The maximum Gasteiger partial charge on any atom is 0.161 e. The number of dihydropyridines is 1. The summed E-state index contributed by atoms with van der Waals surface area (Å²) < 4.78 is 12.0. The summed E-state index contributed by atoms with van der Waals surface area (Å²) in [5, 5.41) is 3.47. The van der Waals surface area contributed by atoms with Crippen LogP contribution in [0.3, 0.4) is 0 Å². The molecule has 1 aliphatic heterocycles. The number of Topliss-reactive ketones (excluding diaryl/α,β-unsaturated/α-hetero) is 2. The Balaban J connectivity index is 1.54. The zero-order valence-electron chi connectivity index (χ0n) is 19.0. The number of hydrogen-bond acceptors (Lipinski definition) is 5. The lowest BCUT2D eigenvalue weighted by Crippen LogP contribution is -2.36. The smallest absolute Gasteiger partial charge is 0.161 e. The van der Waals surface area contributed by atoms with Crippen molar-refractivity contribution < 1.29 is 19.1 Å². The van der Waals surface area contributed by atoms with Crippen molar-refractivity contribution in [3.8, 4) is 11.5 Å². The van der Waals surface area contributed by atoms with Crippen molar-refractivity contribution in [3.63, 3.8) is 0 Å². The molecular formula is C28H29NO4. The van der Waals surface area contributed by atoms with Crippen LogP contribution in [0.5, 0.6) is 11.5 Å². The summed E-state index contributed by atoms with van der Waals surface area (Å²) in [7, 11) is 0. The third kappa shape index (κ3) is 4.20. The van der Waals surface area contributed by atoms with Gasteiger partial charge in [-0.15, -0.1) is 0 Å². The van der Waals surface area contributed by atoms with Crippen LogP contribution in [0.1, 0.15) is 62.5 Å². The van der Waals surface area contributed by atoms with Crippen molar-refractivity contribution >= 4 is 11.6 Å². The van der Waals surface area contributed by atoms with Crippen molar-refractivity contribution in [2.45, 2.75) is 58.0 Å². The Morgan fingerprint density at radius 2 is 1.48 bits per heavy atom. The van der Waals surface area contributed by atoms with Gasteiger partial charge in [-0.2, -0.15) is 0 Å². The van der Waals surface area contributed by atoms with Gasteiger partial charge in [0.1, 0.15) is 6.61 Å². The molecule has 0 saturated heterocycles. The Morgan fingerprint density at radius 3 is 2.12 bits per heavy atom. The van der Waals surface area contributed by atoms with E-state index < -0.39 is 0 Å². The van der Waals surface area contributed by atoms with E-state index in [2.05, 4.69) is 5.32 Å². The molecule has 170 valence electrons. The summed E-state index contributed by atoms with van der Waals surface area (Å²) in [6.07, 6.45) is 4.46. The normalized spacial score (nSPS) is 18.6. The number of nitrogens with one attached hydrogen (secondary N) is 1. The molecule has 0 spiro atoms. The van der Waals surface area contributed by atoms with Crippen LogP contribution in [-0.4, -0.2) is 18.2 Å². The van der Waals surface area contributed by atoms with Gasteiger partial charge in [0, 0.05) is 41.3 Å². The molecule has 1 N–H and O–H groups in total. The number of allylic oxidation sites excluding steroid dienone is 4. The standard InChI is InChI=1S/C28H29NO4/c1-2-32-25-16-19(14-15-24(25)33-17-18-8-4-3-5-9-18)26-27-20(10-6-12-22(27)30)29-21-11-7-13-23(31)28(21)26/h3-5,8-9,14-16,26,29H,2,6-7,10-13,17H2,1H3. The molecule has 33 heavy (non-hydrogen) atoms. The lowest BCUT2D eigenvalue weighted by molar-refractivity contribution is -0.116. The van der Waals surface area contributed by atoms with Crippen LogP contribution in [0.4, 0.5) is 0 Å². The predicted octanol–water partition coefficient (Wildman–Crippen LogP) is 5.37. The van der Waals surface area contributed by atoms with Crippen LogP contribution in [0.15, 0.2) is 71.1 Å². The van der Waals surface area contributed by atoms with Gasteiger partial charge in [-0.3, -0.25) is 9.59 Å². The SMILES string of the molecule is CCOc1cc(C2C3=C(CCCC3=O)NC3=C2C(=O)CCC3)ccc1OCc1ccccc1. The molecule has 0 bridgehead atoms. The third-order valence-corrected chi connectivity index (χ3v) is 6.63. The van der Waals surface area contributed by atoms with Crippen LogP contribution in [0.25, 0.3) is 0 Å². The number of ketones is 2. The Labute approximate surface area is 194 Å². The van der Waals surface area contributed by atoms with Gasteiger partial charge < -0.3 is 14.8 Å². The minimum Gasteiger partial charge on any atom is -0.490 e. The molecule has 0 saturated carbocycles. The average molecular weight is 444 g/mol. The Morgan fingerprint density at radius 1 is 0.818 bits per heavy atom. The van der Waals surface area contributed by atoms with Gasteiger partial charge in [0.25, 0.3) is 0 Å². The largest absolute Gasteiger partial charge is 0.490 e. The molecule has 0 aromatic heterocycles. The van der Waals surface area contributed by atoms with Gasteiger partial charge in [0.2, 0.25) is 0 Å². The summed E-state index contributed by atoms with van der Waals surface area (Å²) >= 11 is 0. The number of hydrogen-bond donors (Lipinski definition) is 1.